The van der Waals surface area contributed by atoms with E-state index in [1.807, 2.05) is 13.1 Å². The van der Waals surface area contributed by atoms with Crippen LogP contribution < -0.4 is 5.73 Å². The topological polar surface area (TPSA) is 87.0 Å². The minimum absolute atomic E-state index is 0.113. The molecule has 0 atom stereocenters. The average Bonchev–Trinajstić information content (AvgIpc) is 2.70. The summed E-state index contributed by atoms with van der Waals surface area (Å²) >= 11 is 0. The Kier molecular flexibility index (Phi) is 3.12. The number of rotatable bonds is 3. The minimum Gasteiger partial charge on any atom is -0.326 e. The van der Waals surface area contributed by atoms with Crippen molar-refractivity contribution in [1.82, 2.24) is 9.78 Å². The first-order valence-electron chi connectivity index (χ1n) is 5.53. The molecule has 0 radical (unpaired) electrons. The summed E-state index contributed by atoms with van der Waals surface area (Å²) in [5.41, 5.74) is 8.94. The third-order valence-corrected chi connectivity index (χ3v) is 2.86. The molecule has 0 aliphatic heterocycles. The standard InChI is InChI=1S/C12H14N4O2/c1-8-5-11(3-4-12(8)16(17)18)15-7-10(6-13)9(2)14-15/h3-5,7H,6,13H2,1-2H3. The van der Waals surface area contributed by atoms with Gasteiger partial charge in [0.05, 0.1) is 16.3 Å². The van der Waals surface area contributed by atoms with Crippen LogP contribution in [0.3, 0.4) is 0 Å². The van der Waals surface area contributed by atoms with E-state index in [-0.39, 0.29) is 5.69 Å². The van der Waals surface area contributed by atoms with Crippen molar-refractivity contribution in [2.24, 2.45) is 5.73 Å². The maximum Gasteiger partial charge on any atom is 0.272 e. The van der Waals surface area contributed by atoms with Crippen LogP contribution in [0, 0.1) is 24.0 Å². The summed E-state index contributed by atoms with van der Waals surface area (Å²) in [4.78, 5) is 10.4. The quantitative estimate of drug-likeness (QED) is 0.661. The van der Waals surface area contributed by atoms with Gasteiger partial charge >= 0.3 is 0 Å². The van der Waals surface area contributed by atoms with Crippen LogP contribution in [0.15, 0.2) is 24.4 Å². The summed E-state index contributed by atoms with van der Waals surface area (Å²) in [6.07, 6.45) is 1.84. The van der Waals surface area contributed by atoms with Crippen molar-refractivity contribution in [2.45, 2.75) is 20.4 Å². The molecule has 2 N–H and O–H groups in total. The summed E-state index contributed by atoms with van der Waals surface area (Å²) in [7, 11) is 0. The van der Waals surface area contributed by atoms with Gasteiger partial charge in [0.25, 0.3) is 5.69 Å². The third kappa shape index (κ3) is 2.10. The van der Waals surface area contributed by atoms with Gasteiger partial charge in [0, 0.05) is 29.9 Å². The number of nitrogens with zero attached hydrogens (tertiary/aromatic N) is 3. The van der Waals surface area contributed by atoms with Gasteiger partial charge in [-0.05, 0) is 26.0 Å². The van der Waals surface area contributed by atoms with Gasteiger partial charge in [-0.15, -0.1) is 0 Å². The molecule has 0 saturated carbocycles. The second kappa shape index (κ2) is 4.58. The lowest BCUT2D eigenvalue weighted by atomic mass is 10.2. The molecule has 6 heteroatoms. The van der Waals surface area contributed by atoms with Crippen LogP contribution in [0.2, 0.25) is 0 Å². The van der Waals surface area contributed by atoms with Crippen LogP contribution in [0.25, 0.3) is 5.69 Å². The van der Waals surface area contributed by atoms with Crippen molar-refractivity contribution in [3.05, 3.63) is 51.3 Å². The highest BCUT2D eigenvalue weighted by atomic mass is 16.6. The summed E-state index contributed by atoms with van der Waals surface area (Å²) in [6.45, 7) is 4.02. The highest BCUT2D eigenvalue weighted by molar-refractivity contribution is 5.47. The van der Waals surface area contributed by atoms with E-state index in [4.69, 9.17) is 5.73 Å². The van der Waals surface area contributed by atoms with Crippen LogP contribution in [0.5, 0.6) is 0 Å². The molecular weight excluding hydrogens is 232 g/mol. The number of nitro groups is 1. The maximum atomic E-state index is 10.7. The van der Waals surface area contributed by atoms with Crippen molar-refractivity contribution in [3.63, 3.8) is 0 Å². The number of aryl methyl sites for hydroxylation is 2. The van der Waals surface area contributed by atoms with Crippen molar-refractivity contribution < 1.29 is 4.92 Å². The smallest absolute Gasteiger partial charge is 0.272 e. The van der Waals surface area contributed by atoms with E-state index in [1.54, 1.807) is 23.7 Å². The predicted molar refractivity (Wildman–Crippen MR) is 67.6 cm³/mol. The average molecular weight is 246 g/mol. The highest BCUT2D eigenvalue weighted by Crippen LogP contribution is 2.21. The number of aromatic nitrogens is 2. The van der Waals surface area contributed by atoms with Crippen LogP contribution in [-0.4, -0.2) is 14.7 Å². The Morgan fingerprint density at radius 2 is 2.17 bits per heavy atom. The highest BCUT2D eigenvalue weighted by Gasteiger charge is 2.12. The fraction of sp³-hybridized carbons (Fsp3) is 0.250. The van der Waals surface area contributed by atoms with Crippen LogP contribution in [0.4, 0.5) is 5.69 Å². The summed E-state index contributed by atoms with van der Waals surface area (Å²) in [5, 5.41) is 15.1. The Labute approximate surface area is 104 Å². The van der Waals surface area contributed by atoms with Gasteiger partial charge in [-0.3, -0.25) is 10.1 Å². The molecule has 2 aromatic rings. The first-order chi connectivity index (χ1) is 8.52. The first kappa shape index (κ1) is 12.3. The lowest BCUT2D eigenvalue weighted by Gasteiger charge is -2.03. The predicted octanol–water partition coefficient (Wildman–Crippen LogP) is 1.86. The van der Waals surface area contributed by atoms with Gasteiger partial charge in [0.15, 0.2) is 0 Å². The number of hydrogen-bond acceptors (Lipinski definition) is 4. The van der Waals surface area contributed by atoms with Crippen molar-refractivity contribution in [1.29, 1.82) is 0 Å². The lowest BCUT2D eigenvalue weighted by molar-refractivity contribution is -0.385. The molecule has 0 fully saturated rings. The van der Waals surface area contributed by atoms with Gasteiger partial charge in [0.2, 0.25) is 0 Å². The molecule has 94 valence electrons. The number of nitro benzene ring substituents is 1. The molecule has 0 aliphatic carbocycles. The molecule has 0 amide bonds. The Morgan fingerprint density at radius 1 is 1.44 bits per heavy atom. The summed E-state index contributed by atoms with van der Waals surface area (Å²) < 4.78 is 1.69. The Hall–Kier alpha value is -2.21. The van der Waals surface area contributed by atoms with Crippen molar-refractivity contribution >= 4 is 5.69 Å². The zero-order valence-corrected chi connectivity index (χ0v) is 10.3. The number of benzene rings is 1. The maximum absolute atomic E-state index is 10.7. The number of nitrogens with two attached hydrogens (primary N) is 1. The fourth-order valence-corrected chi connectivity index (χ4v) is 1.82. The molecule has 6 nitrogen and oxygen atoms in total. The second-order valence-corrected chi connectivity index (χ2v) is 4.12. The Morgan fingerprint density at radius 3 is 2.67 bits per heavy atom. The molecule has 1 aromatic heterocycles. The second-order valence-electron chi connectivity index (χ2n) is 4.12. The zero-order valence-electron chi connectivity index (χ0n) is 10.3. The van der Waals surface area contributed by atoms with Gasteiger partial charge < -0.3 is 5.73 Å². The molecule has 2 rings (SSSR count). The zero-order chi connectivity index (χ0) is 13.3. The van der Waals surface area contributed by atoms with Crippen molar-refractivity contribution in [3.8, 4) is 5.69 Å². The van der Waals surface area contributed by atoms with Crippen molar-refractivity contribution in [2.75, 3.05) is 0 Å². The molecule has 0 aliphatic rings. The summed E-state index contributed by atoms with van der Waals surface area (Å²) in [6, 6.07) is 4.91. The van der Waals surface area contributed by atoms with Gasteiger partial charge in [-0.1, -0.05) is 0 Å². The van der Waals surface area contributed by atoms with E-state index in [0.29, 0.717) is 12.1 Å². The van der Waals surface area contributed by atoms with E-state index >= 15 is 0 Å². The van der Waals surface area contributed by atoms with E-state index in [0.717, 1.165) is 16.9 Å². The van der Waals surface area contributed by atoms with Crippen LogP contribution in [0.1, 0.15) is 16.8 Å². The van der Waals surface area contributed by atoms with Crippen LogP contribution in [-0.2, 0) is 6.54 Å². The molecule has 0 saturated heterocycles. The Balaban J connectivity index is 2.45. The van der Waals surface area contributed by atoms with E-state index in [1.165, 1.54) is 6.07 Å². The molecule has 1 aromatic carbocycles. The third-order valence-electron chi connectivity index (χ3n) is 2.86. The SMILES string of the molecule is Cc1cc(-n2cc(CN)c(C)n2)ccc1[N+](=O)[O-]. The van der Waals surface area contributed by atoms with Gasteiger partial charge in [-0.25, -0.2) is 4.68 Å². The van der Waals surface area contributed by atoms with Gasteiger partial charge in [0.1, 0.15) is 0 Å². The Bertz CT molecular complexity index is 604. The van der Waals surface area contributed by atoms with Gasteiger partial charge in [-0.2, -0.15) is 5.10 Å². The minimum atomic E-state index is -0.390. The van der Waals surface area contributed by atoms with E-state index in [9.17, 15) is 10.1 Å². The van der Waals surface area contributed by atoms with E-state index < -0.39 is 4.92 Å². The van der Waals surface area contributed by atoms with E-state index in [2.05, 4.69) is 5.10 Å². The summed E-state index contributed by atoms with van der Waals surface area (Å²) in [5.74, 6) is 0. The molecule has 0 bridgehead atoms. The molecular formula is C12H14N4O2. The fourth-order valence-electron chi connectivity index (χ4n) is 1.82. The largest absolute Gasteiger partial charge is 0.326 e. The molecule has 18 heavy (non-hydrogen) atoms. The lowest BCUT2D eigenvalue weighted by Crippen LogP contribution is -1.98. The number of hydrogen-bond donors (Lipinski definition) is 1. The first-order valence-corrected chi connectivity index (χ1v) is 5.53. The normalized spacial score (nSPS) is 10.6. The molecule has 1 heterocycles. The molecule has 0 spiro atoms. The molecule has 0 unspecified atom stereocenters. The van der Waals surface area contributed by atoms with Crippen LogP contribution >= 0.6 is 0 Å². The monoisotopic (exact) mass is 246 g/mol.